The Kier molecular flexibility index (Phi) is 7.79. The summed E-state index contributed by atoms with van der Waals surface area (Å²) in [5.74, 6) is -1.62. The van der Waals surface area contributed by atoms with Gasteiger partial charge in [0.15, 0.2) is 0 Å². The third-order valence-corrected chi connectivity index (χ3v) is 5.99. The molecule has 190 valence electrons. The van der Waals surface area contributed by atoms with Crippen molar-refractivity contribution in [1.29, 1.82) is 0 Å². The highest BCUT2D eigenvalue weighted by molar-refractivity contribution is 5.76. The van der Waals surface area contributed by atoms with Crippen molar-refractivity contribution in [1.82, 2.24) is 20.4 Å². The lowest BCUT2D eigenvalue weighted by Crippen LogP contribution is -2.61. The monoisotopic (exact) mass is 490 g/mol. The zero-order chi connectivity index (χ0) is 25.1. The summed E-state index contributed by atoms with van der Waals surface area (Å²) in [4.78, 5) is 28.8. The fourth-order valence-corrected chi connectivity index (χ4v) is 4.31. The van der Waals surface area contributed by atoms with Gasteiger partial charge in [-0.05, 0) is 32.3 Å². The molecule has 34 heavy (non-hydrogen) atoms. The highest BCUT2D eigenvalue weighted by atomic mass is 19.4. The van der Waals surface area contributed by atoms with Crippen LogP contribution in [0.4, 0.5) is 27.2 Å². The molecule has 2 atom stereocenters. The lowest BCUT2D eigenvalue weighted by atomic mass is 9.80. The van der Waals surface area contributed by atoms with E-state index >= 15 is 0 Å². The second kappa shape index (κ2) is 10.2. The fourth-order valence-electron chi connectivity index (χ4n) is 4.31. The lowest BCUT2D eigenvalue weighted by Gasteiger charge is -2.47. The van der Waals surface area contributed by atoms with Crippen molar-refractivity contribution in [2.45, 2.75) is 58.1 Å². The summed E-state index contributed by atoms with van der Waals surface area (Å²) in [6, 6.07) is 1.61. The fraction of sp³-hybridized carbons (Fsp3) is 0.636. The van der Waals surface area contributed by atoms with E-state index in [-0.39, 0.29) is 36.8 Å². The molecule has 0 bridgehead atoms. The number of halogens is 4. The zero-order valence-corrected chi connectivity index (χ0v) is 19.1. The van der Waals surface area contributed by atoms with Gasteiger partial charge in [0.25, 0.3) is 0 Å². The number of ether oxygens (including phenoxy) is 1. The molecule has 1 aliphatic carbocycles. The average Bonchev–Trinajstić information content (AvgIpc) is 3.57. The first-order valence-corrected chi connectivity index (χ1v) is 11.2. The molecule has 2 fully saturated rings. The van der Waals surface area contributed by atoms with E-state index in [1.165, 1.54) is 0 Å². The molecule has 1 saturated heterocycles. The number of aliphatic hydroxyl groups excluding tert-OH is 1. The number of hydrogen-bond acceptors (Lipinski definition) is 4. The third kappa shape index (κ3) is 6.64. The molecule has 4 amide bonds. The van der Waals surface area contributed by atoms with E-state index in [0.717, 1.165) is 25.0 Å². The number of rotatable bonds is 7. The molecular weight excluding hydrogens is 460 g/mol. The summed E-state index contributed by atoms with van der Waals surface area (Å²) in [5, 5.41) is 15.3. The van der Waals surface area contributed by atoms with E-state index in [1.54, 1.807) is 16.7 Å². The summed E-state index contributed by atoms with van der Waals surface area (Å²) < 4.78 is 54.9. The van der Waals surface area contributed by atoms with Gasteiger partial charge < -0.3 is 30.3 Å². The van der Waals surface area contributed by atoms with Crippen molar-refractivity contribution in [3.63, 3.8) is 0 Å². The highest BCUT2D eigenvalue weighted by Crippen LogP contribution is 2.37. The van der Waals surface area contributed by atoms with Gasteiger partial charge in [-0.3, -0.25) is 0 Å². The standard InChI is InChI=1S/C22H30F4N4O4/c1-3-27-19(32)29-11-16(9-21(2,12-29)13-31)30(15-5-6-15)20(33)28-10-14-4-7-17(8-18(14)23)34-22(24,25)26/h4,7-8,15-16,31H,3,5-6,9-13H2,1-2H3,(H,27,32)(H,28,33). The molecule has 1 aliphatic heterocycles. The van der Waals surface area contributed by atoms with Crippen LogP contribution in [0.3, 0.4) is 0 Å². The predicted octanol–water partition coefficient (Wildman–Crippen LogP) is 3.20. The number of carbonyl (C=O) groups excluding carboxylic acids is 2. The number of nitrogens with one attached hydrogen (secondary N) is 2. The maximum absolute atomic E-state index is 14.3. The second-order valence-electron chi connectivity index (χ2n) is 9.14. The van der Waals surface area contributed by atoms with Crippen LogP contribution in [0.1, 0.15) is 38.7 Å². The molecule has 12 heteroatoms. The van der Waals surface area contributed by atoms with Gasteiger partial charge in [-0.25, -0.2) is 14.0 Å². The van der Waals surface area contributed by atoms with Crippen LogP contribution in [0.25, 0.3) is 0 Å². The van der Waals surface area contributed by atoms with Crippen LogP contribution in [-0.4, -0.2) is 71.7 Å². The van der Waals surface area contributed by atoms with Gasteiger partial charge in [0.1, 0.15) is 11.6 Å². The number of alkyl halides is 3. The SMILES string of the molecule is CCNC(=O)N1CC(N(C(=O)NCc2ccc(OC(F)(F)F)cc2F)C2CC2)CC(C)(CO)C1. The molecule has 0 aromatic heterocycles. The van der Waals surface area contributed by atoms with Crippen LogP contribution in [0.5, 0.6) is 5.75 Å². The van der Waals surface area contributed by atoms with E-state index in [1.807, 2.05) is 6.92 Å². The zero-order valence-electron chi connectivity index (χ0n) is 19.1. The third-order valence-electron chi connectivity index (χ3n) is 5.99. The normalized spacial score (nSPS) is 22.8. The Bertz CT molecular complexity index is 896. The summed E-state index contributed by atoms with van der Waals surface area (Å²) >= 11 is 0. The average molecular weight is 490 g/mol. The van der Waals surface area contributed by atoms with Gasteiger partial charge in [-0.1, -0.05) is 13.0 Å². The molecule has 8 nitrogen and oxygen atoms in total. The quantitative estimate of drug-likeness (QED) is 0.512. The van der Waals surface area contributed by atoms with Crippen molar-refractivity contribution >= 4 is 12.1 Å². The summed E-state index contributed by atoms with van der Waals surface area (Å²) in [6.45, 7) is 4.36. The molecular formula is C22H30F4N4O4. The van der Waals surface area contributed by atoms with Gasteiger partial charge in [0.05, 0.1) is 12.6 Å². The van der Waals surface area contributed by atoms with Crippen molar-refractivity contribution < 1.29 is 37.0 Å². The van der Waals surface area contributed by atoms with Crippen LogP contribution < -0.4 is 15.4 Å². The molecule has 1 heterocycles. The molecule has 2 aliphatic rings. The predicted molar refractivity (Wildman–Crippen MR) is 114 cm³/mol. The van der Waals surface area contributed by atoms with Crippen LogP contribution in [0.15, 0.2) is 18.2 Å². The second-order valence-corrected chi connectivity index (χ2v) is 9.14. The van der Waals surface area contributed by atoms with E-state index in [0.29, 0.717) is 32.1 Å². The number of hydrogen-bond donors (Lipinski definition) is 3. The smallest absolute Gasteiger partial charge is 0.406 e. The van der Waals surface area contributed by atoms with E-state index in [9.17, 15) is 32.3 Å². The van der Waals surface area contributed by atoms with Crippen LogP contribution in [0, 0.1) is 11.2 Å². The van der Waals surface area contributed by atoms with E-state index in [4.69, 9.17) is 0 Å². The number of amides is 4. The Morgan fingerprint density at radius 3 is 2.53 bits per heavy atom. The summed E-state index contributed by atoms with van der Waals surface area (Å²) in [7, 11) is 0. The van der Waals surface area contributed by atoms with E-state index < -0.39 is 29.4 Å². The Morgan fingerprint density at radius 1 is 1.26 bits per heavy atom. The van der Waals surface area contributed by atoms with Gasteiger partial charge in [0.2, 0.25) is 0 Å². The molecule has 1 aromatic carbocycles. The first-order valence-electron chi connectivity index (χ1n) is 11.2. The Morgan fingerprint density at radius 2 is 1.97 bits per heavy atom. The number of benzene rings is 1. The maximum atomic E-state index is 14.3. The molecule has 2 unspecified atom stereocenters. The summed E-state index contributed by atoms with van der Waals surface area (Å²) in [5.41, 5.74) is -0.589. The molecule has 1 saturated carbocycles. The van der Waals surface area contributed by atoms with Crippen molar-refractivity contribution in [2.24, 2.45) is 5.41 Å². The topological polar surface area (TPSA) is 94.1 Å². The molecule has 0 spiro atoms. The number of urea groups is 2. The molecule has 0 radical (unpaired) electrons. The van der Waals surface area contributed by atoms with Gasteiger partial charge in [-0.15, -0.1) is 13.2 Å². The minimum atomic E-state index is -4.93. The molecule has 1 aromatic rings. The van der Waals surface area contributed by atoms with Crippen molar-refractivity contribution in [2.75, 3.05) is 26.2 Å². The molecule has 3 rings (SSSR count). The first-order chi connectivity index (χ1) is 15.9. The van der Waals surface area contributed by atoms with Crippen LogP contribution >= 0.6 is 0 Å². The van der Waals surface area contributed by atoms with Crippen molar-refractivity contribution in [3.05, 3.63) is 29.6 Å². The number of likely N-dealkylation sites (tertiary alicyclic amines) is 1. The number of nitrogens with zero attached hydrogens (tertiary/aromatic N) is 2. The van der Waals surface area contributed by atoms with Crippen molar-refractivity contribution in [3.8, 4) is 5.75 Å². The van der Waals surface area contributed by atoms with Gasteiger partial charge in [-0.2, -0.15) is 0 Å². The highest BCUT2D eigenvalue weighted by Gasteiger charge is 2.45. The van der Waals surface area contributed by atoms with Crippen LogP contribution in [-0.2, 0) is 6.54 Å². The van der Waals surface area contributed by atoms with Crippen LogP contribution in [0.2, 0.25) is 0 Å². The maximum Gasteiger partial charge on any atom is 0.573 e. The first kappa shape index (κ1) is 25.9. The lowest BCUT2D eigenvalue weighted by molar-refractivity contribution is -0.274. The number of aliphatic hydroxyl groups is 1. The van der Waals surface area contributed by atoms with E-state index in [2.05, 4.69) is 15.4 Å². The summed E-state index contributed by atoms with van der Waals surface area (Å²) in [6.07, 6.45) is -2.86. The number of piperidine rings is 1. The Labute approximate surface area is 195 Å². The van der Waals surface area contributed by atoms with Gasteiger partial charge >= 0.3 is 18.4 Å². The number of carbonyl (C=O) groups is 2. The van der Waals surface area contributed by atoms with Gasteiger partial charge in [0, 0.05) is 49.3 Å². The Hall–Kier alpha value is -2.76. The molecule has 3 N–H and O–H groups in total. The Balaban J connectivity index is 1.70. The minimum absolute atomic E-state index is 0.00594. The minimum Gasteiger partial charge on any atom is -0.406 e. The largest absolute Gasteiger partial charge is 0.573 e.